The van der Waals surface area contributed by atoms with E-state index in [0.29, 0.717) is 30.5 Å². The van der Waals surface area contributed by atoms with E-state index < -0.39 is 18.2 Å². The molecule has 4 rings (SSSR count). The van der Waals surface area contributed by atoms with Crippen molar-refractivity contribution in [3.63, 3.8) is 0 Å². The van der Waals surface area contributed by atoms with Crippen LogP contribution in [-0.2, 0) is 28.9 Å². The number of benzene rings is 3. The van der Waals surface area contributed by atoms with Gasteiger partial charge in [0.1, 0.15) is 5.75 Å². The highest BCUT2D eigenvalue weighted by atomic mass is 35.5. The number of ether oxygens (including phenoxy) is 2. The summed E-state index contributed by atoms with van der Waals surface area (Å²) in [5.41, 5.74) is 5.30. The topological polar surface area (TPSA) is 59.0 Å². The van der Waals surface area contributed by atoms with E-state index in [9.17, 15) is 9.90 Å². The first-order valence-corrected chi connectivity index (χ1v) is 13.5. The van der Waals surface area contributed by atoms with Crippen molar-refractivity contribution in [2.75, 3.05) is 18.1 Å². The van der Waals surface area contributed by atoms with Gasteiger partial charge in [-0.05, 0) is 86.1 Å². The van der Waals surface area contributed by atoms with E-state index in [4.69, 9.17) is 21.1 Å². The molecule has 0 bridgehead atoms. The number of fused-ring (bicyclic) bond motifs is 1. The predicted octanol–water partition coefficient (Wildman–Crippen LogP) is 6.68. The van der Waals surface area contributed by atoms with Crippen molar-refractivity contribution in [3.8, 4) is 5.75 Å². The van der Waals surface area contributed by atoms with E-state index in [0.717, 1.165) is 42.5 Å². The van der Waals surface area contributed by atoms with Crippen molar-refractivity contribution in [2.45, 2.75) is 64.7 Å². The second kappa shape index (κ2) is 13.0. The van der Waals surface area contributed by atoms with Crippen molar-refractivity contribution in [2.24, 2.45) is 0 Å². The number of aliphatic hydroxyl groups excluding tert-OH is 1. The van der Waals surface area contributed by atoms with Crippen molar-refractivity contribution in [1.29, 1.82) is 0 Å². The molecule has 5 nitrogen and oxygen atoms in total. The van der Waals surface area contributed by atoms with Gasteiger partial charge in [0.05, 0.1) is 18.4 Å². The standard InChI is InChI=1S/C31H36ClNO4/c1-3-36-31(35)22(2)37-30-19-25-14-9-5-8-13-24(25)18-28(30)33(20-23-11-6-4-7-12-23)21-29(34)26-15-10-16-27(32)17-26/h4,6-7,10-12,15-19,22,29,34H,3,5,8-9,13-14,20-21H2,1-2H3/t22?,29-/m0/s1. The third-order valence-electron chi connectivity index (χ3n) is 6.78. The van der Waals surface area contributed by atoms with Gasteiger partial charge in [0.25, 0.3) is 0 Å². The van der Waals surface area contributed by atoms with Gasteiger partial charge in [-0.25, -0.2) is 4.79 Å². The van der Waals surface area contributed by atoms with Crippen LogP contribution in [0.2, 0.25) is 5.02 Å². The van der Waals surface area contributed by atoms with Crippen LogP contribution < -0.4 is 9.64 Å². The number of aryl methyl sites for hydroxylation is 2. The zero-order valence-electron chi connectivity index (χ0n) is 21.7. The Balaban J connectivity index is 1.74. The van der Waals surface area contributed by atoms with Crippen molar-refractivity contribution in [3.05, 3.63) is 94.0 Å². The molecule has 0 radical (unpaired) electrons. The molecule has 3 aromatic rings. The van der Waals surface area contributed by atoms with Crippen LogP contribution in [0.25, 0.3) is 0 Å². The van der Waals surface area contributed by atoms with Crippen molar-refractivity contribution >= 4 is 23.3 Å². The zero-order valence-corrected chi connectivity index (χ0v) is 22.4. The lowest BCUT2D eigenvalue weighted by Gasteiger charge is -2.31. The molecule has 0 fully saturated rings. The van der Waals surface area contributed by atoms with Gasteiger partial charge in [0, 0.05) is 18.1 Å². The number of aliphatic hydroxyl groups is 1. The number of carbonyl (C=O) groups is 1. The summed E-state index contributed by atoms with van der Waals surface area (Å²) in [6, 6.07) is 21.8. The highest BCUT2D eigenvalue weighted by Gasteiger charge is 2.24. The Hall–Kier alpha value is -3.02. The highest BCUT2D eigenvalue weighted by Crippen LogP contribution is 2.37. The summed E-state index contributed by atoms with van der Waals surface area (Å²) in [7, 11) is 0. The van der Waals surface area contributed by atoms with E-state index >= 15 is 0 Å². The van der Waals surface area contributed by atoms with Crippen molar-refractivity contribution < 1.29 is 19.4 Å². The maximum Gasteiger partial charge on any atom is 0.347 e. The van der Waals surface area contributed by atoms with Crippen LogP contribution in [-0.4, -0.2) is 30.3 Å². The number of halogens is 1. The Morgan fingerprint density at radius 2 is 1.73 bits per heavy atom. The normalized spacial score (nSPS) is 14.7. The fourth-order valence-electron chi connectivity index (χ4n) is 4.85. The van der Waals surface area contributed by atoms with E-state index in [2.05, 4.69) is 29.2 Å². The number of hydrogen-bond acceptors (Lipinski definition) is 5. The minimum absolute atomic E-state index is 0.301. The molecule has 2 atom stereocenters. The molecule has 1 aliphatic carbocycles. The van der Waals surface area contributed by atoms with Gasteiger partial charge >= 0.3 is 5.97 Å². The van der Waals surface area contributed by atoms with Crippen LogP contribution in [0.4, 0.5) is 5.69 Å². The number of hydrogen-bond donors (Lipinski definition) is 1. The lowest BCUT2D eigenvalue weighted by molar-refractivity contribution is -0.150. The highest BCUT2D eigenvalue weighted by molar-refractivity contribution is 6.30. The summed E-state index contributed by atoms with van der Waals surface area (Å²) < 4.78 is 11.5. The quantitative estimate of drug-likeness (QED) is 0.238. The Kier molecular flexibility index (Phi) is 9.48. The number of esters is 1. The Labute approximate surface area is 225 Å². The first-order valence-electron chi connectivity index (χ1n) is 13.2. The molecule has 0 aromatic heterocycles. The van der Waals surface area contributed by atoms with Gasteiger partial charge < -0.3 is 19.5 Å². The monoisotopic (exact) mass is 521 g/mol. The molecule has 1 aliphatic rings. The van der Waals surface area contributed by atoms with Gasteiger partial charge in [0.15, 0.2) is 6.10 Å². The molecule has 0 saturated heterocycles. The zero-order chi connectivity index (χ0) is 26.2. The second-order valence-electron chi connectivity index (χ2n) is 9.60. The van der Waals surface area contributed by atoms with Crippen molar-refractivity contribution in [1.82, 2.24) is 0 Å². The van der Waals surface area contributed by atoms with Gasteiger partial charge in [-0.1, -0.05) is 60.5 Å². The third kappa shape index (κ3) is 7.27. The molecule has 1 N–H and O–H groups in total. The Morgan fingerprint density at radius 1 is 1.00 bits per heavy atom. The fraction of sp³-hybridized carbons (Fsp3) is 0.387. The number of carbonyl (C=O) groups excluding carboxylic acids is 1. The average molecular weight is 522 g/mol. The predicted molar refractivity (Wildman–Crippen MR) is 148 cm³/mol. The van der Waals surface area contributed by atoms with Gasteiger partial charge in [-0.3, -0.25) is 0 Å². The fourth-order valence-corrected chi connectivity index (χ4v) is 5.05. The van der Waals surface area contributed by atoms with E-state index in [1.807, 2.05) is 30.3 Å². The number of anilines is 1. The summed E-state index contributed by atoms with van der Waals surface area (Å²) >= 11 is 6.22. The molecule has 37 heavy (non-hydrogen) atoms. The second-order valence-corrected chi connectivity index (χ2v) is 10.0. The largest absolute Gasteiger partial charge is 0.477 e. The van der Waals surface area contributed by atoms with Gasteiger partial charge in [0.2, 0.25) is 0 Å². The van der Waals surface area contributed by atoms with E-state index in [-0.39, 0.29) is 0 Å². The average Bonchev–Trinajstić information content (AvgIpc) is 3.13. The van der Waals surface area contributed by atoms with Crippen LogP contribution in [0.3, 0.4) is 0 Å². The molecular formula is C31H36ClNO4. The number of nitrogens with zero attached hydrogens (tertiary/aromatic N) is 1. The van der Waals surface area contributed by atoms with Crippen LogP contribution in [0.5, 0.6) is 5.75 Å². The molecule has 0 spiro atoms. The van der Waals surface area contributed by atoms with Crippen LogP contribution in [0, 0.1) is 0 Å². The van der Waals surface area contributed by atoms with Crippen LogP contribution in [0.15, 0.2) is 66.7 Å². The molecule has 0 amide bonds. The first kappa shape index (κ1) is 27.0. The minimum Gasteiger partial charge on any atom is -0.477 e. The summed E-state index contributed by atoms with van der Waals surface area (Å²) in [5.74, 6) is 0.243. The summed E-state index contributed by atoms with van der Waals surface area (Å²) in [6.07, 6.45) is 3.96. The molecule has 3 aromatic carbocycles. The van der Waals surface area contributed by atoms with Gasteiger partial charge in [-0.2, -0.15) is 0 Å². The molecule has 6 heteroatoms. The molecule has 0 aliphatic heterocycles. The third-order valence-corrected chi connectivity index (χ3v) is 7.01. The smallest absolute Gasteiger partial charge is 0.347 e. The summed E-state index contributed by atoms with van der Waals surface area (Å²) in [6.45, 7) is 4.71. The molecule has 196 valence electrons. The summed E-state index contributed by atoms with van der Waals surface area (Å²) in [5, 5.41) is 11.8. The molecule has 0 heterocycles. The van der Waals surface area contributed by atoms with Crippen LogP contribution in [0.1, 0.15) is 61.5 Å². The first-order chi connectivity index (χ1) is 17.9. The lowest BCUT2D eigenvalue weighted by atomic mass is 10.00. The molecular weight excluding hydrogens is 486 g/mol. The van der Waals surface area contributed by atoms with Crippen LogP contribution >= 0.6 is 11.6 Å². The minimum atomic E-state index is -0.767. The Morgan fingerprint density at radius 3 is 2.43 bits per heavy atom. The molecule has 1 unspecified atom stereocenters. The maximum absolute atomic E-state index is 12.4. The maximum atomic E-state index is 12.4. The summed E-state index contributed by atoms with van der Waals surface area (Å²) in [4.78, 5) is 14.6. The van der Waals surface area contributed by atoms with E-state index in [1.165, 1.54) is 17.5 Å². The Bertz CT molecular complexity index is 1180. The molecule has 0 saturated carbocycles. The van der Waals surface area contributed by atoms with E-state index in [1.54, 1.807) is 26.0 Å². The van der Waals surface area contributed by atoms with Gasteiger partial charge in [-0.15, -0.1) is 0 Å². The number of rotatable bonds is 10. The SMILES string of the molecule is CCOC(=O)C(C)Oc1cc2c(cc1N(Cc1ccccc1)C[C@H](O)c1cccc(Cl)c1)CCCCC2. The lowest BCUT2D eigenvalue weighted by Crippen LogP contribution is -2.31.